The van der Waals surface area contributed by atoms with Crippen molar-refractivity contribution in [2.45, 2.75) is 38.5 Å². The Balaban J connectivity index is 1.41. The van der Waals surface area contributed by atoms with Gasteiger partial charge in [-0.2, -0.15) is 0 Å². The second kappa shape index (κ2) is 9.15. The van der Waals surface area contributed by atoms with E-state index in [2.05, 4.69) is 15.5 Å². The Morgan fingerprint density at radius 1 is 1.12 bits per heavy atom. The van der Waals surface area contributed by atoms with Crippen LogP contribution in [0.2, 0.25) is 0 Å². The minimum atomic E-state index is 0.204. The lowest BCUT2D eigenvalue weighted by molar-refractivity contribution is -0.117. The first-order valence-electron chi connectivity index (χ1n) is 9.40. The maximum Gasteiger partial charge on any atom is 0.227 e. The predicted octanol–water partition coefficient (Wildman–Crippen LogP) is 2.98. The molecule has 3 rings (SSSR count). The first-order chi connectivity index (χ1) is 12.2. The zero-order valence-electron chi connectivity index (χ0n) is 14.8. The molecule has 0 radical (unpaired) electrons. The third kappa shape index (κ3) is 5.41. The summed E-state index contributed by atoms with van der Waals surface area (Å²) in [6, 6.07) is 7.91. The summed E-state index contributed by atoms with van der Waals surface area (Å²) in [5.41, 5.74) is 1.87. The van der Waals surface area contributed by atoms with Gasteiger partial charge in [0.2, 0.25) is 5.91 Å². The quantitative estimate of drug-likeness (QED) is 0.603. The molecule has 5 nitrogen and oxygen atoms in total. The van der Waals surface area contributed by atoms with Gasteiger partial charge < -0.3 is 20.4 Å². The van der Waals surface area contributed by atoms with E-state index < -0.39 is 0 Å². The number of carbonyl (C=O) groups excluding carboxylic acids is 1. The molecule has 0 bridgehead atoms. The predicted molar refractivity (Wildman–Crippen MR) is 107 cm³/mol. The van der Waals surface area contributed by atoms with Gasteiger partial charge >= 0.3 is 0 Å². The van der Waals surface area contributed by atoms with Crippen molar-refractivity contribution in [2.75, 3.05) is 42.9 Å². The van der Waals surface area contributed by atoms with Crippen LogP contribution in [0, 0.1) is 0 Å². The first kappa shape index (κ1) is 18.1. The maximum atomic E-state index is 11.9. The largest absolute Gasteiger partial charge is 0.362 e. The van der Waals surface area contributed by atoms with E-state index in [1.54, 1.807) is 0 Å². The zero-order chi connectivity index (χ0) is 17.5. The molecular formula is C19H28N4OS. The summed E-state index contributed by atoms with van der Waals surface area (Å²) in [5, 5.41) is 7.15. The van der Waals surface area contributed by atoms with Crippen LogP contribution in [0.15, 0.2) is 24.3 Å². The minimum absolute atomic E-state index is 0.204. The zero-order valence-corrected chi connectivity index (χ0v) is 15.6. The minimum Gasteiger partial charge on any atom is -0.362 e. The van der Waals surface area contributed by atoms with Gasteiger partial charge in [-0.3, -0.25) is 4.79 Å². The Morgan fingerprint density at radius 2 is 1.96 bits per heavy atom. The lowest BCUT2D eigenvalue weighted by Crippen LogP contribution is -2.34. The lowest BCUT2D eigenvalue weighted by atomic mass is 10.1. The molecule has 2 saturated heterocycles. The summed E-state index contributed by atoms with van der Waals surface area (Å²) < 4.78 is 0. The van der Waals surface area contributed by atoms with Crippen molar-refractivity contribution in [2.24, 2.45) is 0 Å². The number of benzene rings is 1. The smallest absolute Gasteiger partial charge is 0.227 e. The molecule has 1 amide bonds. The summed E-state index contributed by atoms with van der Waals surface area (Å²) in [5.74, 6) is 0.204. The van der Waals surface area contributed by atoms with Crippen LogP contribution in [-0.2, 0) is 4.79 Å². The van der Waals surface area contributed by atoms with Crippen LogP contribution >= 0.6 is 12.2 Å². The van der Waals surface area contributed by atoms with E-state index in [0.29, 0.717) is 11.5 Å². The van der Waals surface area contributed by atoms with Gasteiger partial charge in [0.1, 0.15) is 0 Å². The second-order valence-electron chi connectivity index (χ2n) is 6.84. The number of amides is 1. The van der Waals surface area contributed by atoms with Crippen LogP contribution in [0.4, 0.5) is 11.4 Å². The fraction of sp³-hybridized carbons (Fsp3) is 0.579. The van der Waals surface area contributed by atoms with Gasteiger partial charge in [-0.15, -0.1) is 0 Å². The monoisotopic (exact) mass is 360 g/mol. The van der Waals surface area contributed by atoms with Crippen LogP contribution in [0.1, 0.15) is 38.5 Å². The van der Waals surface area contributed by atoms with Crippen molar-refractivity contribution in [1.82, 2.24) is 10.2 Å². The average molecular weight is 361 g/mol. The number of piperidine rings is 1. The summed E-state index contributed by atoms with van der Waals surface area (Å²) in [6.07, 6.45) is 6.74. The second-order valence-corrected chi connectivity index (χ2v) is 7.24. The fourth-order valence-electron chi connectivity index (χ4n) is 3.54. The molecule has 1 aromatic carbocycles. The molecule has 0 spiro atoms. The normalized spacial score (nSPS) is 18.4. The van der Waals surface area contributed by atoms with Crippen molar-refractivity contribution in [1.29, 1.82) is 0 Å². The van der Waals surface area contributed by atoms with Crippen LogP contribution in [0.5, 0.6) is 0 Å². The molecule has 0 unspecified atom stereocenters. The molecule has 2 fully saturated rings. The van der Waals surface area contributed by atoms with E-state index in [4.69, 9.17) is 12.2 Å². The summed E-state index contributed by atoms with van der Waals surface area (Å²) in [6.45, 7) is 5.31. The molecule has 1 aromatic rings. The van der Waals surface area contributed by atoms with Gasteiger partial charge in [-0.05, 0) is 75.7 Å². The van der Waals surface area contributed by atoms with Crippen molar-refractivity contribution in [3.05, 3.63) is 24.3 Å². The number of hydrogen-bond acceptors (Lipinski definition) is 3. The van der Waals surface area contributed by atoms with Gasteiger partial charge in [-0.1, -0.05) is 12.5 Å². The number of likely N-dealkylation sites (tertiary alicyclic amines) is 1. The molecule has 0 aromatic heterocycles. The maximum absolute atomic E-state index is 11.9. The Morgan fingerprint density at radius 3 is 2.72 bits per heavy atom. The number of rotatable bonds is 6. The molecular weight excluding hydrogens is 332 g/mol. The van der Waals surface area contributed by atoms with E-state index in [1.807, 2.05) is 29.2 Å². The molecule has 0 aliphatic carbocycles. The van der Waals surface area contributed by atoms with E-state index >= 15 is 0 Å². The van der Waals surface area contributed by atoms with Gasteiger partial charge in [-0.25, -0.2) is 0 Å². The van der Waals surface area contributed by atoms with E-state index in [-0.39, 0.29) is 5.91 Å². The number of thiocarbonyl (C=S) groups is 1. The number of nitrogens with one attached hydrogen (secondary N) is 2. The molecule has 2 aliphatic heterocycles. The number of anilines is 2. The highest BCUT2D eigenvalue weighted by Gasteiger charge is 2.21. The van der Waals surface area contributed by atoms with Gasteiger partial charge in [0.05, 0.1) is 0 Å². The van der Waals surface area contributed by atoms with Gasteiger partial charge in [0, 0.05) is 30.9 Å². The Bertz CT molecular complexity index is 601. The van der Waals surface area contributed by atoms with E-state index in [0.717, 1.165) is 43.9 Å². The van der Waals surface area contributed by atoms with Crippen LogP contribution in [-0.4, -0.2) is 48.6 Å². The lowest BCUT2D eigenvalue weighted by Gasteiger charge is -2.26. The highest BCUT2D eigenvalue weighted by Crippen LogP contribution is 2.24. The van der Waals surface area contributed by atoms with Crippen LogP contribution < -0.4 is 15.5 Å². The van der Waals surface area contributed by atoms with Crippen molar-refractivity contribution < 1.29 is 4.79 Å². The molecule has 25 heavy (non-hydrogen) atoms. The highest BCUT2D eigenvalue weighted by molar-refractivity contribution is 7.80. The van der Waals surface area contributed by atoms with E-state index in [1.165, 1.54) is 32.4 Å². The summed E-state index contributed by atoms with van der Waals surface area (Å²) in [7, 11) is 0. The van der Waals surface area contributed by atoms with Gasteiger partial charge in [0.25, 0.3) is 0 Å². The molecule has 2 N–H and O–H groups in total. The third-order valence-electron chi connectivity index (χ3n) is 4.87. The summed E-state index contributed by atoms with van der Waals surface area (Å²) >= 11 is 5.39. The van der Waals surface area contributed by atoms with Crippen molar-refractivity contribution in [3.8, 4) is 0 Å². The average Bonchev–Trinajstić information content (AvgIpc) is 3.06. The molecule has 0 saturated carbocycles. The first-order valence-corrected chi connectivity index (χ1v) is 9.81. The Labute approximate surface area is 155 Å². The van der Waals surface area contributed by atoms with Crippen molar-refractivity contribution in [3.63, 3.8) is 0 Å². The Kier molecular flexibility index (Phi) is 6.64. The van der Waals surface area contributed by atoms with Gasteiger partial charge in [0.15, 0.2) is 5.11 Å². The molecule has 2 heterocycles. The fourth-order valence-corrected chi connectivity index (χ4v) is 3.76. The van der Waals surface area contributed by atoms with E-state index in [9.17, 15) is 4.79 Å². The van der Waals surface area contributed by atoms with Crippen LogP contribution in [0.25, 0.3) is 0 Å². The number of nitrogens with zero attached hydrogens (tertiary/aromatic N) is 2. The number of hydrogen-bond donors (Lipinski definition) is 2. The third-order valence-corrected chi connectivity index (χ3v) is 5.12. The van der Waals surface area contributed by atoms with Crippen molar-refractivity contribution >= 4 is 34.6 Å². The number of carbonyl (C=O) groups is 1. The van der Waals surface area contributed by atoms with Crippen LogP contribution in [0.3, 0.4) is 0 Å². The molecule has 136 valence electrons. The topological polar surface area (TPSA) is 47.6 Å². The SMILES string of the molecule is O=C1CCCN1c1cccc(NC(=S)NCCCN2CCCCC2)c1. The Hall–Kier alpha value is -1.66. The molecule has 2 aliphatic rings. The molecule has 0 atom stereocenters. The molecule has 6 heteroatoms. The summed E-state index contributed by atoms with van der Waals surface area (Å²) in [4.78, 5) is 16.3. The highest BCUT2D eigenvalue weighted by atomic mass is 32.1. The standard InChI is InChI=1S/C19H28N4OS/c24-18-9-5-14-23(18)17-8-4-7-16(15-17)21-19(25)20-10-6-13-22-11-2-1-3-12-22/h4,7-8,15H,1-3,5-6,9-14H2,(H2,20,21,25).